The number of thiazole rings is 1. The molecule has 0 radical (unpaired) electrons. The van der Waals surface area contributed by atoms with Crippen molar-refractivity contribution < 1.29 is 13.2 Å². The number of carbonyl (C=O) groups is 1. The zero-order chi connectivity index (χ0) is 19.9. The molecule has 0 unspecified atom stereocenters. The van der Waals surface area contributed by atoms with E-state index in [2.05, 4.69) is 33.5 Å². The molecular formula is C19H24N4O3S2. The Balaban J connectivity index is 1.40. The van der Waals surface area contributed by atoms with Crippen LogP contribution in [-0.2, 0) is 21.2 Å². The maximum absolute atomic E-state index is 12.7. The lowest BCUT2D eigenvalue weighted by molar-refractivity contribution is -0.130. The van der Waals surface area contributed by atoms with Crippen LogP contribution in [0.1, 0.15) is 10.6 Å². The third-order valence-corrected chi connectivity index (χ3v) is 7.45. The third-order valence-electron chi connectivity index (χ3n) is 5.37. The number of anilines is 1. The number of sulfonamides is 1. The topological polar surface area (TPSA) is 73.8 Å². The first-order valence-corrected chi connectivity index (χ1v) is 12.1. The third kappa shape index (κ3) is 3.92. The van der Waals surface area contributed by atoms with Crippen LogP contribution in [0, 0.1) is 6.92 Å². The summed E-state index contributed by atoms with van der Waals surface area (Å²) in [5.74, 6) is 0.0557. The fraction of sp³-hybridized carbons (Fsp3) is 0.474. The molecule has 2 aromatic rings. The summed E-state index contributed by atoms with van der Waals surface area (Å²) in [6, 6.07) is 6.33. The Kier molecular flexibility index (Phi) is 5.15. The first-order valence-electron chi connectivity index (χ1n) is 9.34. The molecule has 1 aromatic carbocycles. The molecule has 1 amide bonds. The maximum Gasteiger partial charge on any atom is 0.242 e. The van der Waals surface area contributed by atoms with Crippen LogP contribution >= 0.6 is 11.3 Å². The second kappa shape index (κ2) is 7.46. The van der Waals surface area contributed by atoms with Crippen LogP contribution in [0.4, 0.5) is 5.69 Å². The minimum absolute atomic E-state index is 0.0557. The standard InChI is InChI=1S/C19H24N4O3S2/c1-14-20-17(13-27-14)15-3-4-18-16(11-15)5-6-22(18)12-19(24)21-7-9-23(10-8-21)28(2,25)26/h3-4,11,13H,5-10,12H2,1-2H3. The summed E-state index contributed by atoms with van der Waals surface area (Å²) < 4.78 is 24.7. The number of rotatable bonds is 4. The summed E-state index contributed by atoms with van der Waals surface area (Å²) >= 11 is 1.65. The lowest BCUT2D eigenvalue weighted by Crippen LogP contribution is -2.52. The van der Waals surface area contributed by atoms with Gasteiger partial charge in [0.05, 0.1) is 23.5 Å². The minimum atomic E-state index is -3.18. The number of hydrogen-bond donors (Lipinski definition) is 0. The number of piperazine rings is 1. The van der Waals surface area contributed by atoms with Gasteiger partial charge in [-0.25, -0.2) is 13.4 Å². The van der Waals surface area contributed by atoms with Crippen LogP contribution in [0.25, 0.3) is 11.3 Å². The first-order chi connectivity index (χ1) is 13.3. The molecule has 9 heteroatoms. The first kappa shape index (κ1) is 19.4. The van der Waals surface area contributed by atoms with Gasteiger partial charge >= 0.3 is 0 Å². The molecular weight excluding hydrogens is 396 g/mol. The molecule has 1 aromatic heterocycles. The molecule has 0 atom stereocenters. The quantitative estimate of drug-likeness (QED) is 0.751. The van der Waals surface area contributed by atoms with Gasteiger partial charge in [0.1, 0.15) is 0 Å². The molecule has 3 heterocycles. The van der Waals surface area contributed by atoms with E-state index in [1.807, 2.05) is 6.92 Å². The highest BCUT2D eigenvalue weighted by Gasteiger charge is 2.28. The highest BCUT2D eigenvalue weighted by atomic mass is 32.2. The number of aromatic nitrogens is 1. The van der Waals surface area contributed by atoms with E-state index in [1.165, 1.54) is 16.1 Å². The predicted octanol–water partition coefficient (Wildman–Crippen LogP) is 1.58. The number of aryl methyl sites for hydroxylation is 1. The van der Waals surface area contributed by atoms with Gasteiger partial charge in [0.25, 0.3) is 0 Å². The Hall–Kier alpha value is -1.97. The van der Waals surface area contributed by atoms with Gasteiger partial charge in [-0.1, -0.05) is 6.07 Å². The van der Waals surface area contributed by atoms with Gasteiger partial charge in [-0.15, -0.1) is 11.3 Å². The van der Waals surface area contributed by atoms with Crippen molar-refractivity contribution in [1.29, 1.82) is 0 Å². The SMILES string of the molecule is Cc1nc(-c2ccc3c(c2)CCN3CC(=O)N2CCN(S(C)(=O)=O)CC2)cs1. The zero-order valence-electron chi connectivity index (χ0n) is 16.1. The molecule has 4 rings (SSSR count). The van der Waals surface area contributed by atoms with E-state index in [1.54, 1.807) is 16.2 Å². The molecule has 7 nitrogen and oxygen atoms in total. The highest BCUT2D eigenvalue weighted by molar-refractivity contribution is 7.88. The molecule has 1 saturated heterocycles. The van der Waals surface area contributed by atoms with Crippen molar-refractivity contribution in [2.75, 3.05) is 50.4 Å². The van der Waals surface area contributed by atoms with Gasteiger partial charge in [0.15, 0.2) is 0 Å². The van der Waals surface area contributed by atoms with Crippen molar-refractivity contribution in [3.05, 3.63) is 34.2 Å². The normalized spacial score (nSPS) is 17.8. The molecule has 0 aliphatic carbocycles. The average Bonchev–Trinajstić information content (AvgIpc) is 3.27. The van der Waals surface area contributed by atoms with E-state index in [0.717, 1.165) is 34.9 Å². The van der Waals surface area contributed by atoms with Crippen molar-refractivity contribution in [2.45, 2.75) is 13.3 Å². The van der Waals surface area contributed by atoms with Crippen molar-refractivity contribution >= 4 is 33.0 Å². The maximum atomic E-state index is 12.7. The van der Waals surface area contributed by atoms with Gasteiger partial charge in [-0.2, -0.15) is 4.31 Å². The number of carbonyl (C=O) groups excluding carboxylic acids is 1. The van der Waals surface area contributed by atoms with Crippen LogP contribution in [0.5, 0.6) is 0 Å². The molecule has 28 heavy (non-hydrogen) atoms. The van der Waals surface area contributed by atoms with Crippen LogP contribution in [0.2, 0.25) is 0 Å². The molecule has 1 fully saturated rings. The number of amides is 1. The average molecular weight is 421 g/mol. The van der Waals surface area contributed by atoms with E-state index in [-0.39, 0.29) is 5.91 Å². The fourth-order valence-corrected chi connectivity index (χ4v) is 5.27. The summed E-state index contributed by atoms with van der Waals surface area (Å²) in [4.78, 5) is 21.2. The van der Waals surface area contributed by atoms with Gasteiger partial charge in [0.2, 0.25) is 15.9 Å². The second-order valence-corrected chi connectivity index (χ2v) is 10.4. The summed E-state index contributed by atoms with van der Waals surface area (Å²) in [7, 11) is -3.18. The zero-order valence-corrected chi connectivity index (χ0v) is 17.7. The number of nitrogens with zero attached hydrogens (tertiary/aromatic N) is 4. The molecule has 0 saturated carbocycles. The lowest BCUT2D eigenvalue weighted by Gasteiger charge is -2.34. The largest absolute Gasteiger partial charge is 0.362 e. The Bertz CT molecular complexity index is 994. The number of fused-ring (bicyclic) bond motifs is 1. The van der Waals surface area contributed by atoms with E-state index in [4.69, 9.17) is 0 Å². The van der Waals surface area contributed by atoms with Crippen LogP contribution in [-0.4, -0.2) is 74.0 Å². The van der Waals surface area contributed by atoms with Crippen molar-refractivity contribution in [3.8, 4) is 11.3 Å². The summed E-state index contributed by atoms with van der Waals surface area (Å²) in [5, 5.41) is 3.13. The van der Waals surface area contributed by atoms with E-state index >= 15 is 0 Å². The highest BCUT2D eigenvalue weighted by Crippen LogP contribution is 2.32. The van der Waals surface area contributed by atoms with E-state index < -0.39 is 10.0 Å². The van der Waals surface area contributed by atoms with E-state index in [0.29, 0.717) is 32.7 Å². The second-order valence-electron chi connectivity index (χ2n) is 7.31. The Morgan fingerprint density at radius 1 is 1.18 bits per heavy atom. The number of benzene rings is 1. The molecule has 150 valence electrons. The van der Waals surface area contributed by atoms with Crippen LogP contribution < -0.4 is 4.90 Å². The summed E-state index contributed by atoms with van der Waals surface area (Å²) in [6.07, 6.45) is 2.13. The Morgan fingerprint density at radius 2 is 1.93 bits per heavy atom. The van der Waals surface area contributed by atoms with Crippen LogP contribution in [0.15, 0.2) is 23.6 Å². The van der Waals surface area contributed by atoms with Crippen molar-refractivity contribution in [2.24, 2.45) is 0 Å². The van der Waals surface area contributed by atoms with E-state index in [9.17, 15) is 13.2 Å². The molecule has 0 bridgehead atoms. The van der Waals surface area contributed by atoms with Crippen molar-refractivity contribution in [1.82, 2.24) is 14.2 Å². The minimum Gasteiger partial charge on any atom is -0.362 e. The van der Waals surface area contributed by atoms with Gasteiger partial charge in [-0.05, 0) is 31.0 Å². The fourth-order valence-electron chi connectivity index (χ4n) is 3.82. The summed E-state index contributed by atoms with van der Waals surface area (Å²) in [5.41, 5.74) is 4.48. The lowest BCUT2D eigenvalue weighted by atomic mass is 10.1. The Morgan fingerprint density at radius 3 is 2.57 bits per heavy atom. The van der Waals surface area contributed by atoms with Gasteiger partial charge < -0.3 is 9.80 Å². The van der Waals surface area contributed by atoms with Crippen molar-refractivity contribution in [3.63, 3.8) is 0 Å². The predicted molar refractivity (Wildman–Crippen MR) is 111 cm³/mol. The molecule has 0 N–H and O–H groups in total. The molecule has 0 spiro atoms. The number of hydrogen-bond acceptors (Lipinski definition) is 6. The Labute approximate surface area is 169 Å². The monoisotopic (exact) mass is 420 g/mol. The smallest absolute Gasteiger partial charge is 0.242 e. The van der Waals surface area contributed by atoms with Gasteiger partial charge in [-0.3, -0.25) is 4.79 Å². The molecule has 2 aliphatic heterocycles. The molecule has 2 aliphatic rings. The van der Waals surface area contributed by atoms with Gasteiger partial charge in [0, 0.05) is 49.4 Å². The van der Waals surface area contributed by atoms with Crippen LogP contribution in [0.3, 0.4) is 0 Å². The summed E-state index contributed by atoms with van der Waals surface area (Å²) in [6.45, 7) is 4.81.